The van der Waals surface area contributed by atoms with Gasteiger partial charge in [0, 0.05) is 0 Å². The van der Waals surface area contributed by atoms with Crippen LogP contribution in [0, 0.1) is 5.92 Å². The van der Waals surface area contributed by atoms with Crippen LogP contribution in [-0.4, -0.2) is 0 Å². The minimum atomic E-state index is 0.854. The zero-order valence-corrected chi connectivity index (χ0v) is 10.7. The van der Waals surface area contributed by atoms with Crippen LogP contribution in [0.1, 0.15) is 63.0 Å². The van der Waals surface area contributed by atoms with Gasteiger partial charge in [-0.05, 0) is 42.2 Å². The maximum Gasteiger partial charge on any atom is -0.0128 e. The highest BCUT2D eigenvalue weighted by Crippen LogP contribution is 2.41. The average Bonchev–Trinajstić information content (AvgIpc) is 2.75. The van der Waals surface area contributed by atoms with E-state index in [0.29, 0.717) is 0 Å². The molecule has 1 aromatic carbocycles. The molecule has 0 bridgehead atoms. The largest absolute Gasteiger partial charge is 0.0654 e. The molecule has 0 aliphatic heterocycles. The molecule has 2 rings (SSSR count). The van der Waals surface area contributed by atoms with E-state index in [4.69, 9.17) is 0 Å². The van der Waals surface area contributed by atoms with E-state index < -0.39 is 0 Å². The molecule has 2 atom stereocenters. The molecule has 0 amide bonds. The Hall–Kier alpha value is -0.780. The molecular weight excluding hydrogens is 192 g/mol. The predicted molar refractivity (Wildman–Crippen MR) is 70.8 cm³/mol. The van der Waals surface area contributed by atoms with Crippen molar-refractivity contribution in [3.8, 4) is 0 Å². The molecule has 0 saturated heterocycles. The lowest BCUT2D eigenvalue weighted by molar-refractivity contribution is 0.370. The van der Waals surface area contributed by atoms with Gasteiger partial charge in [-0.25, -0.2) is 0 Å². The predicted octanol–water partition coefficient (Wildman–Crippen LogP) is 4.93. The molecule has 0 aromatic heterocycles. The number of fused-ring (bicyclic) bond motifs is 1. The van der Waals surface area contributed by atoms with E-state index in [-0.39, 0.29) is 0 Å². The Labute approximate surface area is 100 Å². The van der Waals surface area contributed by atoms with Crippen LogP contribution in [0.2, 0.25) is 0 Å². The fourth-order valence-electron chi connectivity index (χ4n) is 3.24. The first-order valence-corrected chi connectivity index (χ1v) is 6.94. The summed E-state index contributed by atoms with van der Waals surface area (Å²) < 4.78 is 0. The molecule has 1 aliphatic carbocycles. The molecule has 1 aliphatic rings. The molecule has 0 fully saturated rings. The van der Waals surface area contributed by atoms with Crippen LogP contribution in [0.15, 0.2) is 24.3 Å². The number of aryl methyl sites for hydroxylation is 1. The van der Waals surface area contributed by atoms with E-state index in [0.717, 1.165) is 11.8 Å². The fourth-order valence-corrected chi connectivity index (χ4v) is 3.24. The third kappa shape index (κ3) is 2.31. The molecule has 0 heteroatoms. The molecule has 0 N–H and O–H groups in total. The van der Waals surface area contributed by atoms with Gasteiger partial charge < -0.3 is 0 Å². The quantitative estimate of drug-likeness (QED) is 0.654. The van der Waals surface area contributed by atoms with Crippen molar-refractivity contribution in [1.82, 2.24) is 0 Å². The van der Waals surface area contributed by atoms with Crippen molar-refractivity contribution in [3.63, 3.8) is 0 Å². The van der Waals surface area contributed by atoms with Crippen molar-refractivity contribution >= 4 is 0 Å². The summed E-state index contributed by atoms with van der Waals surface area (Å²) in [6.45, 7) is 4.66. The van der Waals surface area contributed by atoms with Gasteiger partial charge >= 0.3 is 0 Å². The summed E-state index contributed by atoms with van der Waals surface area (Å²) in [5.74, 6) is 1.77. The molecule has 1 aromatic rings. The second kappa shape index (κ2) is 5.52. The minimum absolute atomic E-state index is 0.854. The van der Waals surface area contributed by atoms with Crippen LogP contribution in [0.25, 0.3) is 0 Å². The smallest absolute Gasteiger partial charge is 0.0128 e. The molecule has 0 saturated carbocycles. The van der Waals surface area contributed by atoms with Crippen LogP contribution in [-0.2, 0) is 6.42 Å². The summed E-state index contributed by atoms with van der Waals surface area (Å²) in [7, 11) is 0. The number of rotatable bonds is 5. The molecular formula is C16H24. The number of benzene rings is 1. The van der Waals surface area contributed by atoms with Crippen molar-refractivity contribution in [1.29, 1.82) is 0 Å². The van der Waals surface area contributed by atoms with Gasteiger partial charge in [-0.15, -0.1) is 0 Å². The SMILES string of the molecule is CCCCC(CC)C1CCc2ccccc21. The van der Waals surface area contributed by atoms with Gasteiger partial charge in [0.25, 0.3) is 0 Å². The summed E-state index contributed by atoms with van der Waals surface area (Å²) in [5.41, 5.74) is 3.27. The Balaban J connectivity index is 2.10. The molecule has 0 nitrogen and oxygen atoms in total. The third-order valence-electron chi connectivity index (χ3n) is 4.20. The van der Waals surface area contributed by atoms with E-state index in [1.165, 1.54) is 38.5 Å². The van der Waals surface area contributed by atoms with Crippen LogP contribution in [0.5, 0.6) is 0 Å². The summed E-state index contributed by atoms with van der Waals surface area (Å²) in [6, 6.07) is 9.08. The Morgan fingerprint density at radius 2 is 2.06 bits per heavy atom. The van der Waals surface area contributed by atoms with Crippen LogP contribution in [0.4, 0.5) is 0 Å². The summed E-state index contributed by atoms with van der Waals surface area (Å²) >= 11 is 0. The first-order chi connectivity index (χ1) is 7.86. The number of hydrogen-bond donors (Lipinski definition) is 0. The zero-order valence-electron chi connectivity index (χ0n) is 10.7. The zero-order chi connectivity index (χ0) is 11.4. The van der Waals surface area contributed by atoms with Crippen molar-refractivity contribution in [3.05, 3.63) is 35.4 Å². The molecule has 0 radical (unpaired) electrons. The Bertz CT molecular complexity index is 327. The molecule has 0 spiro atoms. The highest BCUT2D eigenvalue weighted by atomic mass is 14.3. The van der Waals surface area contributed by atoms with Crippen LogP contribution < -0.4 is 0 Å². The third-order valence-corrected chi connectivity index (χ3v) is 4.20. The van der Waals surface area contributed by atoms with E-state index in [2.05, 4.69) is 38.1 Å². The van der Waals surface area contributed by atoms with Gasteiger partial charge in [-0.3, -0.25) is 0 Å². The lowest BCUT2D eigenvalue weighted by Crippen LogP contribution is -2.09. The van der Waals surface area contributed by atoms with Crippen molar-refractivity contribution < 1.29 is 0 Å². The maximum atomic E-state index is 2.36. The monoisotopic (exact) mass is 216 g/mol. The van der Waals surface area contributed by atoms with Gasteiger partial charge in [0.05, 0.1) is 0 Å². The van der Waals surface area contributed by atoms with Gasteiger partial charge in [-0.1, -0.05) is 57.4 Å². The van der Waals surface area contributed by atoms with Crippen LogP contribution >= 0.6 is 0 Å². The first kappa shape index (κ1) is 11.7. The van der Waals surface area contributed by atoms with Gasteiger partial charge in [0.1, 0.15) is 0 Å². The Kier molecular flexibility index (Phi) is 4.04. The standard InChI is InChI=1S/C16H24/c1-3-5-8-13(4-2)16-12-11-14-9-6-7-10-15(14)16/h6-7,9-10,13,16H,3-5,8,11-12H2,1-2H3. The first-order valence-electron chi connectivity index (χ1n) is 6.94. The Morgan fingerprint density at radius 3 is 2.81 bits per heavy atom. The lowest BCUT2D eigenvalue weighted by Gasteiger charge is -2.23. The summed E-state index contributed by atoms with van der Waals surface area (Å²) in [5, 5.41) is 0. The average molecular weight is 216 g/mol. The van der Waals surface area contributed by atoms with Crippen molar-refractivity contribution in [2.75, 3.05) is 0 Å². The summed E-state index contributed by atoms with van der Waals surface area (Å²) in [6.07, 6.45) is 8.21. The molecule has 16 heavy (non-hydrogen) atoms. The molecule has 2 unspecified atom stereocenters. The fraction of sp³-hybridized carbons (Fsp3) is 0.625. The van der Waals surface area contributed by atoms with E-state index in [1.54, 1.807) is 11.1 Å². The lowest BCUT2D eigenvalue weighted by atomic mass is 9.82. The topological polar surface area (TPSA) is 0 Å². The normalized spacial score (nSPS) is 20.8. The molecule has 0 heterocycles. The summed E-state index contributed by atoms with van der Waals surface area (Å²) in [4.78, 5) is 0. The number of hydrogen-bond acceptors (Lipinski definition) is 0. The number of unbranched alkanes of at least 4 members (excludes halogenated alkanes) is 1. The second-order valence-corrected chi connectivity index (χ2v) is 5.15. The van der Waals surface area contributed by atoms with E-state index >= 15 is 0 Å². The highest BCUT2D eigenvalue weighted by molar-refractivity contribution is 5.35. The van der Waals surface area contributed by atoms with Gasteiger partial charge in [0.2, 0.25) is 0 Å². The highest BCUT2D eigenvalue weighted by Gasteiger charge is 2.27. The van der Waals surface area contributed by atoms with Crippen LogP contribution in [0.3, 0.4) is 0 Å². The minimum Gasteiger partial charge on any atom is -0.0654 e. The molecule has 88 valence electrons. The maximum absolute atomic E-state index is 2.36. The van der Waals surface area contributed by atoms with Gasteiger partial charge in [-0.2, -0.15) is 0 Å². The van der Waals surface area contributed by atoms with E-state index in [1.807, 2.05) is 0 Å². The Morgan fingerprint density at radius 1 is 1.25 bits per heavy atom. The van der Waals surface area contributed by atoms with E-state index in [9.17, 15) is 0 Å². The van der Waals surface area contributed by atoms with Crippen molar-refractivity contribution in [2.45, 2.75) is 58.3 Å². The second-order valence-electron chi connectivity index (χ2n) is 5.15. The van der Waals surface area contributed by atoms with Gasteiger partial charge in [0.15, 0.2) is 0 Å². The van der Waals surface area contributed by atoms with Crippen molar-refractivity contribution in [2.24, 2.45) is 5.92 Å².